The molecule has 1 saturated heterocycles. The zero-order valence-corrected chi connectivity index (χ0v) is 15.7. The molecule has 0 radical (unpaired) electrons. The Morgan fingerprint density at radius 3 is 2.89 bits per heavy atom. The van der Waals surface area contributed by atoms with Crippen LogP contribution in [0.4, 0.5) is 5.69 Å². The molecule has 1 aliphatic rings. The summed E-state index contributed by atoms with van der Waals surface area (Å²) in [5.41, 5.74) is 2.82. The lowest BCUT2D eigenvalue weighted by Gasteiger charge is -2.22. The second-order valence-corrected chi connectivity index (χ2v) is 6.39. The third-order valence-corrected chi connectivity index (χ3v) is 4.58. The van der Waals surface area contributed by atoms with E-state index in [0.29, 0.717) is 23.3 Å². The predicted molar refractivity (Wildman–Crippen MR) is 103 cm³/mol. The minimum atomic E-state index is -0.285. The van der Waals surface area contributed by atoms with Gasteiger partial charge in [0.25, 0.3) is 5.91 Å². The smallest absolute Gasteiger partial charge is 0.277 e. The van der Waals surface area contributed by atoms with Gasteiger partial charge in [0.2, 0.25) is 5.89 Å². The Balaban J connectivity index is 0.00000210. The molecule has 0 atom stereocenters. The minimum absolute atomic E-state index is 0. The molecule has 0 aliphatic carbocycles. The number of nitrogens with one attached hydrogen (secondary N) is 2. The molecule has 3 heterocycles. The van der Waals surface area contributed by atoms with Gasteiger partial charge < -0.3 is 15.1 Å². The summed E-state index contributed by atoms with van der Waals surface area (Å²) < 4.78 is 7.16. The SMILES string of the molecule is Cc1ccc(NC(=O)c2cn(C3CCNCC3)nn2)cc1-c1ncco1.Cl. The molecule has 2 aromatic heterocycles. The molecule has 1 fully saturated rings. The number of oxazole rings is 1. The monoisotopic (exact) mass is 388 g/mol. The Kier molecular flexibility index (Phi) is 5.88. The number of hydrogen-bond acceptors (Lipinski definition) is 6. The number of nitrogens with zero attached hydrogens (tertiary/aromatic N) is 4. The largest absolute Gasteiger partial charge is 0.445 e. The second kappa shape index (κ2) is 8.32. The van der Waals surface area contributed by atoms with Crippen LogP contribution < -0.4 is 10.6 Å². The maximum atomic E-state index is 12.5. The van der Waals surface area contributed by atoms with Gasteiger partial charge in [0.05, 0.1) is 18.4 Å². The van der Waals surface area contributed by atoms with Crippen molar-refractivity contribution in [2.45, 2.75) is 25.8 Å². The number of aryl methyl sites for hydroxylation is 1. The minimum Gasteiger partial charge on any atom is -0.445 e. The van der Waals surface area contributed by atoms with E-state index in [9.17, 15) is 4.79 Å². The summed E-state index contributed by atoms with van der Waals surface area (Å²) >= 11 is 0. The normalized spacial score (nSPS) is 14.6. The summed E-state index contributed by atoms with van der Waals surface area (Å²) in [6.07, 6.45) is 6.82. The fraction of sp³-hybridized carbons (Fsp3) is 0.333. The number of benzene rings is 1. The number of halogens is 1. The summed E-state index contributed by atoms with van der Waals surface area (Å²) in [4.78, 5) is 16.7. The molecule has 1 amide bonds. The van der Waals surface area contributed by atoms with Crippen LogP contribution in [0.2, 0.25) is 0 Å². The van der Waals surface area contributed by atoms with E-state index >= 15 is 0 Å². The molecule has 9 heteroatoms. The van der Waals surface area contributed by atoms with Gasteiger partial charge in [-0.15, -0.1) is 17.5 Å². The molecule has 4 rings (SSSR count). The Morgan fingerprint density at radius 2 is 2.15 bits per heavy atom. The second-order valence-electron chi connectivity index (χ2n) is 6.39. The van der Waals surface area contributed by atoms with E-state index in [2.05, 4.69) is 25.9 Å². The van der Waals surface area contributed by atoms with E-state index in [1.165, 1.54) is 6.26 Å². The number of amides is 1. The molecule has 142 valence electrons. The molecule has 8 nitrogen and oxygen atoms in total. The van der Waals surface area contributed by atoms with Crippen molar-refractivity contribution in [1.29, 1.82) is 0 Å². The lowest BCUT2D eigenvalue weighted by molar-refractivity contribution is 0.102. The molecule has 2 N–H and O–H groups in total. The van der Waals surface area contributed by atoms with Crippen molar-refractivity contribution >= 4 is 24.0 Å². The topological polar surface area (TPSA) is 97.9 Å². The van der Waals surface area contributed by atoms with Crippen molar-refractivity contribution in [3.8, 4) is 11.5 Å². The lowest BCUT2D eigenvalue weighted by Crippen LogP contribution is -2.29. The van der Waals surface area contributed by atoms with Crippen molar-refractivity contribution in [3.05, 3.63) is 48.1 Å². The quantitative estimate of drug-likeness (QED) is 0.713. The first-order valence-corrected chi connectivity index (χ1v) is 8.65. The summed E-state index contributed by atoms with van der Waals surface area (Å²) in [5.74, 6) is 0.239. The third-order valence-electron chi connectivity index (χ3n) is 4.58. The zero-order valence-electron chi connectivity index (χ0n) is 14.9. The Labute approximate surface area is 162 Å². The Morgan fingerprint density at radius 1 is 1.33 bits per heavy atom. The average Bonchev–Trinajstić information content (AvgIpc) is 3.36. The summed E-state index contributed by atoms with van der Waals surface area (Å²) in [5, 5.41) is 14.3. The van der Waals surface area contributed by atoms with Crippen LogP contribution in [0.15, 0.2) is 41.3 Å². The van der Waals surface area contributed by atoms with Crippen molar-refractivity contribution in [3.63, 3.8) is 0 Å². The van der Waals surface area contributed by atoms with Crippen LogP contribution in [0.3, 0.4) is 0 Å². The van der Waals surface area contributed by atoms with Crippen molar-refractivity contribution in [2.24, 2.45) is 0 Å². The van der Waals surface area contributed by atoms with Crippen LogP contribution in [-0.4, -0.2) is 39.0 Å². The van der Waals surface area contributed by atoms with Gasteiger partial charge in [-0.2, -0.15) is 0 Å². The average molecular weight is 389 g/mol. The summed E-state index contributed by atoms with van der Waals surface area (Å²) in [7, 11) is 0. The predicted octanol–water partition coefficient (Wildman–Crippen LogP) is 2.84. The molecule has 0 bridgehead atoms. The van der Waals surface area contributed by atoms with E-state index in [0.717, 1.165) is 37.1 Å². The van der Waals surface area contributed by atoms with Gasteiger partial charge in [0.1, 0.15) is 6.26 Å². The zero-order chi connectivity index (χ0) is 17.9. The van der Waals surface area contributed by atoms with Gasteiger partial charge in [-0.05, 0) is 50.6 Å². The van der Waals surface area contributed by atoms with Crippen molar-refractivity contribution < 1.29 is 9.21 Å². The summed E-state index contributed by atoms with van der Waals surface area (Å²) in [6.45, 7) is 3.88. The Bertz CT molecular complexity index is 902. The molecule has 3 aromatic rings. The number of piperidine rings is 1. The highest BCUT2D eigenvalue weighted by Crippen LogP contribution is 2.25. The van der Waals surface area contributed by atoms with Crippen LogP contribution in [0.5, 0.6) is 0 Å². The highest BCUT2D eigenvalue weighted by atomic mass is 35.5. The van der Waals surface area contributed by atoms with E-state index in [-0.39, 0.29) is 18.3 Å². The van der Waals surface area contributed by atoms with Gasteiger partial charge in [0, 0.05) is 11.3 Å². The van der Waals surface area contributed by atoms with E-state index in [1.807, 2.05) is 25.1 Å². The highest BCUT2D eigenvalue weighted by Gasteiger charge is 2.19. The molecular formula is C18H21ClN6O2. The molecule has 0 saturated carbocycles. The van der Waals surface area contributed by atoms with Gasteiger partial charge in [-0.25, -0.2) is 9.67 Å². The van der Waals surface area contributed by atoms with E-state index in [1.54, 1.807) is 17.1 Å². The molecule has 1 aromatic carbocycles. The molecular weight excluding hydrogens is 368 g/mol. The lowest BCUT2D eigenvalue weighted by atomic mass is 10.1. The standard InChI is InChI=1S/C18H20N6O2.ClH/c1-12-2-3-13(10-15(12)18-20-8-9-26-18)21-17(25)16-11-24(23-22-16)14-4-6-19-7-5-14;/h2-3,8-11,14,19H,4-7H2,1H3,(H,21,25);1H. The summed E-state index contributed by atoms with van der Waals surface area (Å²) in [6, 6.07) is 5.90. The number of rotatable bonds is 4. The fourth-order valence-corrected chi connectivity index (χ4v) is 3.11. The van der Waals surface area contributed by atoms with Gasteiger partial charge in [-0.3, -0.25) is 4.79 Å². The van der Waals surface area contributed by atoms with Crippen LogP contribution in [0.1, 0.15) is 34.9 Å². The number of carbonyl (C=O) groups excluding carboxylic acids is 1. The number of anilines is 1. The molecule has 0 spiro atoms. The third kappa shape index (κ3) is 4.17. The fourth-order valence-electron chi connectivity index (χ4n) is 3.11. The molecule has 0 unspecified atom stereocenters. The van der Waals surface area contributed by atoms with Crippen LogP contribution in [0.25, 0.3) is 11.5 Å². The number of aromatic nitrogens is 4. The maximum absolute atomic E-state index is 12.5. The van der Waals surface area contributed by atoms with Crippen molar-refractivity contribution in [2.75, 3.05) is 18.4 Å². The van der Waals surface area contributed by atoms with Crippen LogP contribution in [0, 0.1) is 6.92 Å². The van der Waals surface area contributed by atoms with Gasteiger partial charge >= 0.3 is 0 Å². The highest BCUT2D eigenvalue weighted by molar-refractivity contribution is 6.02. The molecule has 1 aliphatic heterocycles. The first kappa shape index (κ1) is 19.1. The Hall–Kier alpha value is -2.71. The van der Waals surface area contributed by atoms with E-state index in [4.69, 9.17) is 4.42 Å². The maximum Gasteiger partial charge on any atom is 0.277 e. The number of hydrogen-bond donors (Lipinski definition) is 2. The van der Waals surface area contributed by atoms with Gasteiger partial charge in [0.15, 0.2) is 5.69 Å². The first-order chi connectivity index (χ1) is 12.7. The first-order valence-electron chi connectivity index (χ1n) is 8.65. The van der Waals surface area contributed by atoms with Gasteiger partial charge in [-0.1, -0.05) is 11.3 Å². The molecule has 27 heavy (non-hydrogen) atoms. The van der Waals surface area contributed by atoms with Crippen LogP contribution in [-0.2, 0) is 0 Å². The van der Waals surface area contributed by atoms with E-state index < -0.39 is 0 Å². The number of carbonyl (C=O) groups is 1. The van der Waals surface area contributed by atoms with Crippen molar-refractivity contribution in [1.82, 2.24) is 25.3 Å². The van der Waals surface area contributed by atoms with Crippen LogP contribution >= 0.6 is 12.4 Å².